The zero-order chi connectivity index (χ0) is 22.2. The fourth-order valence-electron chi connectivity index (χ4n) is 3.62. The molecule has 7 heteroatoms. The number of rotatable bonds is 9. The maximum Gasteiger partial charge on any atom is 0.253 e. The summed E-state index contributed by atoms with van der Waals surface area (Å²) in [5.41, 5.74) is 2.65. The summed E-state index contributed by atoms with van der Waals surface area (Å²) in [6.45, 7) is 5.91. The molecule has 3 rings (SSSR count). The number of nitrogens with one attached hydrogen (secondary N) is 2. The first kappa shape index (κ1) is 22.5. The molecule has 1 atom stereocenters. The third-order valence-corrected chi connectivity index (χ3v) is 5.29. The Labute approximate surface area is 182 Å². The number of carbonyl (C=O) groups is 3. The number of benzene rings is 2. The van der Waals surface area contributed by atoms with Crippen molar-refractivity contribution in [2.24, 2.45) is 5.92 Å². The van der Waals surface area contributed by atoms with Gasteiger partial charge in [-0.3, -0.25) is 14.4 Å². The molecular formula is C24H29N3O4. The zero-order valence-corrected chi connectivity index (χ0v) is 18.0. The SMILES string of the molecule is CCOCCCNC(=O)c1ccccc1NC(=O)[C@H]1CC(=O)N(c2ccccc2C)C1. The highest BCUT2D eigenvalue weighted by molar-refractivity contribution is 6.07. The monoisotopic (exact) mass is 423 g/mol. The van der Waals surface area contributed by atoms with Crippen molar-refractivity contribution in [3.63, 3.8) is 0 Å². The average molecular weight is 424 g/mol. The van der Waals surface area contributed by atoms with Gasteiger partial charge in [-0.15, -0.1) is 0 Å². The number of amides is 3. The molecule has 0 spiro atoms. The Morgan fingerprint density at radius 3 is 2.65 bits per heavy atom. The first-order chi connectivity index (χ1) is 15.0. The molecule has 0 saturated carbocycles. The maximum absolute atomic E-state index is 12.9. The third kappa shape index (κ3) is 5.70. The molecule has 0 aromatic heterocycles. The van der Waals surface area contributed by atoms with Gasteiger partial charge in [-0.05, 0) is 44.0 Å². The van der Waals surface area contributed by atoms with Crippen LogP contribution in [-0.2, 0) is 14.3 Å². The summed E-state index contributed by atoms with van der Waals surface area (Å²) in [5.74, 6) is -1.07. The van der Waals surface area contributed by atoms with Crippen molar-refractivity contribution in [1.29, 1.82) is 0 Å². The predicted molar refractivity (Wildman–Crippen MR) is 120 cm³/mol. The molecule has 1 heterocycles. The van der Waals surface area contributed by atoms with E-state index in [4.69, 9.17) is 4.74 Å². The van der Waals surface area contributed by atoms with Crippen LogP contribution in [0.25, 0.3) is 0 Å². The van der Waals surface area contributed by atoms with E-state index in [2.05, 4.69) is 10.6 Å². The summed E-state index contributed by atoms with van der Waals surface area (Å²) in [6.07, 6.45) is 0.860. The van der Waals surface area contributed by atoms with E-state index in [0.29, 0.717) is 44.0 Å². The first-order valence-electron chi connectivity index (χ1n) is 10.6. The second kappa shape index (κ2) is 10.7. The van der Waals surface area contributed by atoms with E-state index in [1.165, 1.54) is 0 Å². The van der Waals surface area contributed by atoms with Gasteiger partial charge < -0.3 is 20.3 Å². The van der Waals surface area contributed by atoms with Gasteiger partial charge in [0.15, 0.2) is 0 Å². The number of carbonyl (C=O) groups excluding carboxylic acids is 3. The van der Waals surface area contributed by atoms with E-state index < -0.39 is 5.92 Å². The van der Waals surface area contributed by atoms with Crippen LogP contribution in [-0.4, -0.2) is 44.0 Å². The van der Waals surface area contributed by atoms with Gasteiger partial charge in [0.05, 0.1) is 17.2 Å². The minimum atomic E-state index is -0.477. The van der Waals surface area contributed by atoms with Gasteiger partial charge in [-0.1, -0.05) is 30.3 Å². The van der Waals surface area contributed by atoms with Gasteiger partial charge in [-0.2, -0.15) is 0 Å². The third-order valence-electron chi connectivity index (χ3n) is 5.29. The minimum absolute atomic E-state index is 0.0743. The Bertz CT molecular complexity index is 944. The molecule has 1 aliphatic heterocycles. The van der Waals surface area contributed by atoms with Gasteiger partial charge in [0, 0.05) is 38.4 Å². The highest BCUT2D eigenvalue weighted by Gasteiger charge is 2.35. The van der Waals surface area contributed by atoms with E-state index in [-0.39, 0.29) is 24.1 Å². The highest BCUT2D eigenvalue weighted by atomic mass is 16.5. The van der Waals surface area contributed by atoms with E-state index in [0.717, 1.165) is 11.3 Å². The van der Waals surface area contributed by atoms with E-state index in [9.17, 15) is 14.4 Å². The van der Waals surface area contributed by atoms with Gasteiger partial charge in [0.2, 0.25) is 11.8 Å². The Hall–Kier alpha value is -3.19. The lowest BCUT2D eigenvalue weighted by Crippen LogP contribution is -2.30. The fraction of sp³-hybridized carbons (Fsp3) is 0.375. The number of aryl methyl sites for hydroxylation is 1. The van der Waals surface area contributed by atoms with Crippen LogP contribution < -0.4 is 15.5 Å². The van der Waals surface area contributed by atoms with Crippen LogP contribution >= 0.6 is 0 Å². The average Bonchev–Trinajstić information content (AvgIpc) is 3.15. The number of ether oxygens (including phenoxy) is 1. The number of para-hydroxylation sites is 2. The smallest absolute Gasteiger partial charge is 0.253 e. The lowest BCUT2D eigenvalue weighted by molar-refractivity contribution is -0.122. The summed E-state index contributed by atoms with van der Waals surface area (Å²) in [5, 5.41) is 5.70. The summed E-state index contributed by atoms with van der Waals surface area (Å²) in [4.78, 5) is 39.7. The molecule has 0 unspecified atom stereocenters. The quantitative estimate of drug-likeness (QED) is 0.607. The molecule has 2 aromatic carbocycles. The second-order valence-corrected chi connectivity index (χ2v) is 7.53. The van der Waals surface area contributed by atoms with Crippen molar-refractivity contribution in [3.8, 4) is 0 Å². The molecule has 1 aliphatic rings. The Morgan fingerprint density at radius 1 is 1.13 bits per heavy atom. The van der Waals surface area contributed by atoms with Crippen LogP contribution in [0.2, 0.25) is 0 Å². The van der Waals surface area contributed by atoms with Crippen molar-refractivity contribution in [1.82, 2.24) is 5.32 Å². The molecule has 164 valence electrons. The molecule has 2 aromatic rings. The van der Waals surface area contributed by atoms with E-state index in [1.54, 1.807) is 29.2 Å². The normalized spacial score (nSPS) is 15.7. The fourth-order valence-corrected chi connectivity index (χ4v) is 3.62. The van der Waals surface area contributed by atoms with Crippen LogP contribution in [0, 0.1) is 12.8 Å². The molecule has 31 heavy (non-hydrogen) atoms. The summed E-state index contributed by atoms with van der Waals surface area (Å²) < 4.78 is 5.27. The number of anilines is 2. The van der Waals surface area contributed by atoms with Crippen LogP contribution in [0.5, 0.6) is 0 Å². The standard InChI is InChI=1S/C24H29N3O4/c1-3-31-14-8-13-25-24(30)19-10-5-6-11-20(19)26-23(29)18-15-22(28)27(16-18)21-12-7-4-9-17(21)2/h4-7,9-12,18H,3,8,13-16H2,1-2H3,(H,25,30)(H,26,29)/t18-/m0/s1. The molecule has 1 saturated heterocycles. The van der Waals surface area contributed by atoms with Crippen molar-refractivity contribution in [3.05, 3.63) is 59.7 Å². The second-order valence-electron chi connectivity index (χ2n) is 7.53. The van der Waals surface area contributed by atoms with Gasteiger partial charge in [0.1, 0.15) is 0 Å². The lowest BCUT2D eigenvalue weighted by Gasteiger charge is -2.19. The first-order valence-corrected chi connectivity index (χ1v) is 10.6. The maximum atomic E-state index is 12.9. The molecule has 7 nitrogen and oxygen atoms in total. The predicted octanol–water partition coefficient (Wildman–Crippen LogP) is 3.14. The molecule has 2 N–H and O–H groups in total. The van der Waals surface area contributed by atoms with Crippen LogP contribution in [0.15, 0.2) is 48.5 Å². The zero-order valence-electron chi connectivity index (χ0n) is 18.0. The number of nitrogens with zero attached hydrogens (tertiary/aromatic N) is 1. The van der Waals surface area contributed by atoms with Crippen LogP contribution in [0.4, 0.5) is 11.4 Å². The van der Waals surface area contributed by atoms with E-state index in [1.807, 2.05) is 38.1 Å². The van der Waals surface area contributed by atoms with Crippen molar-refractivity contribution in [2.45, 2.75) is 26.7 Å². The molecule has 0 aliphatic carbocycles. The van der Waals surface area contributed by atoms with Crippen molar-refractivity contribution >= 4 is 29.1 Å². The summed E-state index contributed by atoms with van der Waals surface area (Å²) >= 11 is 0. The topological polar surface area (TPSA) is 87.7 Å². The molecule has 1 fully saturated rings. The largest absolute Gasteiger partial charge is 0.382 e. The lowest BCUT2D eigenvalue weighted by atomic mass is 10.1. The molecule has 3 amide bonds. The number of hydrogen-bond acceptors (Lipinski definition) is 4. The van der Waals surface area contributed by atoms with Crippen LogP contribution in [0.1, 0.15) is 35.7 Å². The van der Waals surface area contributed by atoms with Gasteiger partial charge in [0.25, 0.3) is 5.91 Å². The van der Waals surface area contributed by atoms with Crippen molar-refractivity contribution in [2.75, 3.05) is 36.5 Å². The number of hydrogen-bond donors (Lipinski definition) is 2. The molecular weight excluding hydrogens is 394 g/mol. The Balaban J connectivity index is 1.63. The highest BCUT2D eigenvalue weighted by Crippen LogP contribution is 2.28. The molecule has 0 radical (unpaired) electrons. The molecule has 0 bridgehead atoms. The summed E-state index contributed by atoms with van der Waals surface area (Å²) in [7, 11) is 0. The van der Waals surface area contributed by atoms with Crippen molar-refractivity contribution < 1.29 is 19.1 Å². The van der Waals surface area contributed by atoms with Crippen LogP contribution in [0.3, 0.4) is 0 Å². The van der Waals surface area contributed by atoms with Gasteiger partial charge >= 0.3 is 0 Å². The Morgan fingerprint density at radius 2 is 1.87 bits per heavy atom. The summed E-state index contributed by atoms with van der Waals surface area (Å²) in [6, 6.07) is 14.5. The van der Waals surface area contributed by atoms with Gasteiger partial charge in [-0.25, -0.2) is 0 Å². The minimum Gasteiger partial charge on any atom is -0.382 e. The van der Waals surface area contributed by atoms with E-state index >= 15 is 0 Å². The Kier molecular flexibility index (Phi) is 7.78.